The van der Waals surface area contributed by atoms with Gasteiger partial charge in [-0.2, -0.15) is 0 Å². The van der Waals surface area contributed by atoms with Crippen LogP contribution < -0.4 is 9.47 Å². The molecule has 1 aliphatic rings. The summed E-state index contributed by atoms with van der Waals surface area (Å²) in [6.07, 6.45) is -0.828. The number of benzene rings is 2. The molecule has 3 rings (SSSR count). The van der Waals surface area contributed by atoms with Gasteiger partial charge in [0.1, 0.15) is 0 Å². The highest BCUT2D eigenvalue weighted by Gasteiger charge is 2.33. The van der Waals surface area contributed by atoms with Gasteiger partial charge in [-0.3, -0.25) is 0 Å². The summed E-state index contributed by atoms with van der Waals surface area (Å²) in [5.41, 5.74) is 1.41. The minimum Gasteiger partial charge on any atom is -0.493 e. The maximum atomic E-state index is 12.4. The van der Waals surface area contributed by atoms with Crippen LogP contribution in [0.15, 0.2) is 42.5 Å². The van der Waals surface area contributed by atoms with E-state index in [2.05, 4.69) is 4.74 Å². The lowest BCUT2D eigenvalue weighted by Gasteiger charge is -2.23. The third-order valence-corrected chi connectivity index (χ3v) is 3.95. The lowest BCUT2D eigenvalue weighted by Crippen LogP contribution is -2.37. The van der Waals surface area contributed by atoms with Crippen LogP contribution in [0.5, 0.6) is 11.5 Å². The van der Waals surface area contributed by atoms with Crippen LogP contribution in [0.1, 0.15) is 26.3 Å². The molecule has 0 radical (unpaired) electrons. The van der Waals surface area contributed by atoms with Gasteiger partial charge < -0.3 is 18.9 Å². The summed E-state index contributed by atoms with van der Waals surface area (Å²) in [6.45, 7) is 0. The van der Waals surface area contributed by atoms with Gasteiger partial charge in [0, 0.05) is 6.42 Å². The average Bonchev–Trinajstić information content (AvgIpc) is 2.67. The molecule has 0 amide bonds. The Morgan fingerprint density at radius 1 is 1.08 bits per heavy atom. The van der Waals surface area contributed by atoms with Crippen molar-refractivity contribution in [2.45, 2.75) is 12.5 Å². The van der Waals surface area contributed by atoms with Gasteiger partial charge in [-0.25, -0.2) is 14.4 Å². The van der Waals surface area contributed by atoms with Crippen molar-refractivity contribution in [2.75, 3.05) is 14.2 Å². The van der Waals surface area contributed by atoms with Crippen molar-refractivity contribution in [2.24, 2.45) is 0 Å². The normalized spacial score (nSPS) is 15.5. The molecule has 1 heterocycles. The van der Waals surface area contributed by atoms with E-state index in [1.807, 2.05) is 0 Å². The van der Waals surface area contributed by atoms with Crippen LogP contribution >= 0.6 is 0 Å². The van der Waals surface area contributed by atoms with Gasteiger partial charge in [0.15, 0.2) is 11.5 Å². The predicted molar refractivity (Wildman–Crippen MR) is 89.3 cm³/mol. The molecule has 7 nitrogen and oxygen atoms in total. The topological polar surface area (TPSA) is 88.1 Å². The zero-order valence-electron chi connectivity index (χ0n) is 14.2. The van der Waals surface area contributed by atoms with Crippen LogP contribution in [0.2, 0.25) is 0 Å². The molecular weight excluding hydrogens is 340 g/mol. The Bertz CT molecular complexity index is 872. The number of ether oxygens (including phenoxy) is 4. The van der Waals surface area contributed by atoms with E-state index < -0.39 is 24.0 Å². The number of methoxy groups -OCH3 is 2. The second kappa shape index (κ2) is 7.26. The van der Waals surface area contributed by atoms with E-state index >= 15 is 0 Å². The Labute approximate surface area is 149 Å². The summed E-state index contributed by atoms with van der Waals surface area (Å²) in [5.74, 6) is -1.54. The Morgan fingerprint density at radius 2 is 1.85 bits per heavy atom. The summed E-state index contributed by atoms with van der Waals surface area (Å²) in [7, 11) is 2.64. The van der Waals surface area contributed by atoms with E-state index in [0.717, 1.165) is 5.56 Å². The quantitative estimate of drug-likeness (QED) is 0.613. The summed E-state index contributed by atoms with van der Waals surface area (Å²) < 4.78 is 20.3. The molecule has 0 saturated heterocycles. The van der Waals surface area contributed by atoms with Gasteiger partial charge in [-0.1, -0.05) is 18.2 Å². The molecule has 26 heavy (non-hydrogen) atoms. The van der Waals surface area contributed by atoms with Crippen LogP contribution in [0.4, 0.5) is 0 Å². The average molecular weight is 356 g/mol. The second-order valence-corrected chi connectivity index (χ2v) is 5.53. The Kier molecular flexibility index (Phi) is 4.88. The highest BCUT2D eigenvalue weighted by Crippen LogP contribution is 2.30. The summed E-state index contributed by atoms with van der Waals surface area (Å²) >= 11 is 0. The second-order valence-electron chi connectivity index (χ2n) is 5.53. The third kappa shape index (κ3) is 3.37. The molecule has 2 aromatic rings. The first-order valence-electron chi connectivity index (χ1n) is 7.80. The lowest BCUT2D eigenvalue weighted by atomic mass is 9.99. The van der Waals surface area contributed by atoms with E-state index in [1.54, 1.807) is 24.3 Å². The largest absolute Gasteiger partial charge is 0.493 e. The molecule has 7 heteroatoms. The van der Waals surface area contributed by atoms with Crippen LogP contribution in [0.25, 0.3) is 0 Å². The Morgan fingerprint density at radius 3 is 2.58 bits per heavy atom. The first kappa shape index (κ1) is 17.5. The molecule has 0 bridgehead atoms. The Hall–Kier alpha value is -3.35. The fraction of sp³-hybridized carbons (Fsp3) is 0.211. The van der Waals surface area contributed by atoms with Gasteiger partial charge >= 0.3 is 17.9 Å². The third-order valence-electron chi connectivity index (χ3n) is 3.95. The Balaban J connectivity index is 1.78. The molecule has 1 unspecified atom stereocenters. The van der Waals surface area contributed by atoms with Crippen LogP contribution in [0.3, 0.4) is 0 Å². The monoisotopic (exact) mass is 356 g/mol. The molecular formula is C19H16O7. The number of hydrogen-bond donors (Lipinski definition) is 0. The van der Waals surface area contributed by atoms with Crippen LogP contribution in [-0.4, -0.2) is 38.2 Å². The number of carbonyl (C=O) groups is 3. The van der Waals surface area contributed by atoms with E-state index in [4.69, 9.17) is 14.2 Å². The van der Waals surface area contributed by atoms with Crippen molar-refractivity contribution < 1.29 is 33.3 Å². The molecule has 2 aromatic carbocycles. The number of fused-ring (bicyclic) bond motifs is 1. The minimum absolute atomic E-state index is 0.111. The summed E-state index contributed by atoms with van der Waals surface area (Å²) in [4.78, 5) is 36.0. The number of hydrogen-bond acceptors (Lipinski definition) is 7. The van der Waals surface area contributed by atoms with Gasteiger partial charge in [0.05, 0.1) is 25.3 Å². The number of esters is 3. The van der Waals surface area contributed by atoms with Crippen LogP contribution in [-0.2, 0) is 20.7 Å². The van der Waals surface area contributed by atoms with E-state index in [1.165, 1.54) is 32.4 Å². The zero-order chi connectivity index (χ0) is 18.7. The van der Waals surface area contributed by atoms with Crippen molar-refractivity contribution in [3.63, 3.8) is 0 Å². The van der Waals surface area contributed by atoms with Gasteiger partial charge in [-0.05, 0) is 29.8 Å². The highest BCUT2D eigenvalue weighted by atomic mass is 16.6. The molecule has 0 spiro atoms. The minimum atomic E-state index is -1.05. The summed E-state index contributed by atoms with van der Waals surface area (Å²) in [5, 5.41) is 0. The maximum absolute atomic E-state index is 12.4. The number of carbonyl (C=O) groups excluding carboxylic acids is 3. The van der Waals surface area contributed by atoms with Crippen molar-refractivity contribution in [3.05, 3.63) is 59.2 Å². The van der Waals surface area contributed by atoms with Crippen LogP contribution in [0, 0.1) is 0 Å². The molecule has 134 valence electrons. The smallest absolute Gasteiger partial charge is 0.353 e. The van der Waals surface area contributed by atoms with Crippen molar-refractivity contribution in [1.29, 1.82) is 0 Å². The van der Waals surface area contributed by atoms with Crippen molar-refractivity contribution in [1.82, 2.24) is 0 Å². The molecule has 0 saturated carbocycles. The summed E-state index contributed by atoms with van der Waals surface area (Å²) in [6, 6.07) is 11.2. The number of rotatable bonds is 4. The standard InChI is InChI=1S/C19H16O7/c1-23-15-10-12(17(20)24-2)7-8-14(15)25-19(22)16-9-11-5-3-4-6-13(11)18(21)26-16/h3-8,10,16H,9H2,1-2H3. The van der Waals surface area contributed by atoms with E-state index in [0.29, 0.717) is 5.56 Å². The highest BCUT2D eigenvalue weighted by molar-refractivity contribution is 5.95. The van der Waals surface area contributed by atoms with E-state index in [-0.39, 0.29) is 23.5 Å². The SMILES string of the molecule is COC(=O)c1ccc(OC(=O)C2Cc3ccccc3C(=O)O2)c(OC)c1. The molecule has 0 fully saturated rings. The fourth-order valence-electron chi connectivity index (χ4n) is 2.63. The molecule has 1 aliphatic heterocycles. The van der Waals surface area contributed by atoms with Crippen molar-refractivity contribution >= 4 is 17.9 Å². The first-order chi connectivity index (χ1) is 12.5. The predicted octanol–water partition coefficient (Wildman–Crippen LogP) is 2.17. The first-order valence-corrected chi connectivity index (χ1v) is 7.80. The fourth-order valence-corrected chi connectivity index (χ4v) is 2.63. The molecule has 0 aromatic heterocycles. The molecule has 0 N–H and O–H groups in total. The van der Waals surface area contributed by atoms with Gasteiger partial charge in [0.2, 0.25) is 6.10 Å². The van der Waals surface area contributed by atoms with Crippen molar-refractivity contribution in [3.8, 4) is 11.5 Å². The van der Waals surface area contributed by atoms with Gasteiger partial charge in [-0.15, -0.1) is 0 Å². The molecule has 1 atom stereocenters. The number of cyclic esters (lactones) is 1. The zero-order valence-corrected chi connectivity index (χ0v) is 14.2. The van der Waals surface area contributed by atoms with E-state index in [9.17, 15) is 14.4 Å². The molecule has 0 aliphatic carbocycles. The lowest BCUT2D eigenvalue weighted by molar-refractivity contribution is -0.144. The maximum Gasteiger partial charge on any atom is 0.353 e. The van der Waals surface area contributed by atoms with Gasteiger partial charge in [0.25, 0.3) is 0 Å².